The highest BCUT2D eigenvalue weighted by Crippen LogP contribution is 2.46. The van der Waals surface area contributed by atoms with Gasteiger partial charge in [-0.1, -0.05) is 60.7 Å². The number of nitrogens with zero attached hydrogens (tertiary/aromatic N) is 3. The lowest BCUT2D eigenvalue weighted by Gasteiger charge is -2.31. The van der Waals surface area contributed by atoms with Crippen molar-refractivity contribution >= 4 is 29.0 Å². The molecule has 6 heteroatoms. The van der Waals surface area contributed by atoms with E-state index in [4.69, 9.17) is 14.5 Å². The Labute approximate surface area is 193 Å². The van der Waals surface area contributed by atoms with Crippen molar-refractivity contribution in [3.63, 3.8) is 0 Å². The van der Waals surface area contributed by atoms with Crippen LogP contribution in [0, 0.1) is 0 Å². The predicted octanol–water partition coefficient (Wildman–Crippen LogP) is 4.90. The predicted molar refractivity (Wildman–Crippen MR) is 131 cm³/mol. The van der Waals surface area contributed by atoms with E-state index >= 15 is 0 Å². The van der Waals surface area contributed by atoms with Crippen LogP contribution in [-0.4, -0.2) is 39.3 Å². The smallest absolute Gasteiger partial charge is 0.337 e. The van der Waals surface area contributed by atoms with Crippen LogP contribution in [0.15, 0.2) is 89.9 Å². The summed E-state index contributed by atoms with van der Waals surface area (Å²) in [7, 11) is 3.09. The number of ether oxygens (including phenoxy) is 2. The Hall–Kier alpha value is -3.90. The number of rotatable bonds is 6. The van der Waals surface area contributed by atoms with Gasteiger partial charge in [-0.15, -0.1) is 0 Å². The van der Waals surface area contributed by atoms with Gasteiger partial charge < -0.3 is 14.4 Å². The number of carbonyl (C=O) groups is 1. The number of aliphatic imine (C=N–C) groups is 1. The molecule has 0 N–H and O–H groups in total. The van der Waals surface area contributed by atoms with E-state index in [1.807, 2.05) is 48.5 Å². The average molecular weight is 440 g/mol. The lowest BCUT2D eigenvalue weighted by atomic mass is 10.0. The molecule has 0 amide bonds. The van der Waals surface area contributed by atoms with Gasteiger partial charge in [-0.25, -0.2) is 9.79 Å². The van der Waals surface area contributed by atoms with Crippen LogP contribution in [0.2, 0.25) is 0 Å². The number of hydrogen-bond acceptors (Lipinski definition) is 6. The lowest BCUT2D eigenvalue weighted by Crippen LogP contribution is -2.41. The number of esters is 1. The number of anilines is 2. The summed E-state index contributed by atoms with van der Waals surface area (Å²) in [5.74, 6) is 0.454. The molecular formula is C27H25N3O3. The standard InChI is InChI=1S/C27H25N3O3/c1-32-16-15-29-23-14-13-21(26(31)33-2)17-25(23)30-24(20-11-7-4-8-12-20)18-22(28-27(29)30)19-9-5-3-6-10-19/h3-14,17-18,22H,15-16H2,1-2H3. The van der Waals surface area contributed by atoms with Crippen LogP contribution in [0.4, 0.5) is 11.4 Å². The molecule has 0 bridgehead atoms. The third kappa shape index (κ3) is 3.79. The van der Waals surface area contributed by atoms with Crippen LogP contribution in [0.1, 0.15) is 27.5 Å². The second kappa shape index (κ2) is 8.92. The van der Waals surface area contributed by atoms with Crippen LogP contribution in [0.3, 0.4) is 0 Å². The summed E-state index contributed by atoms with van der Waals surface area (Å²) >= 11 is 0. The molecule has 0 spiro atoms. The lowest BCUT2D eigenvalue weighted by molar-refractivity contribution is 0.0601. The Morgan fingerprint density at radius 1 is 0.939 bits per heavy atom. The molecule has 33 heavy (non-hydrogen) atoms. The molecule has 2 aliphatic heterocycles. The monoisotopic (exact) mass is 439 g/mol. The minimum atomic E-state index is -0.365. The molecule has 0 aliphatic carbocycles. The second-order valence-corrected chi connectivity index (χ2v) is 7.88. The van der Waals surface area contributed by atoms with E-state index in [9.17, 15) is 4.79 Å². The summed E-state index contributed by atoms with van der Waals surface area (Å²) < 4.78 is 10.4. The van der Waals surface area contributed by atoms with E-state index in [-0.39, 0.29) is 12.0 Å². The summed E-state index contributed by atoms with van der Waals surface area (Å²) in [4.78, 5) is 21.7. The van der Waals surface area contributed by atoms with Gasteiger partial charge in [0.15, 0.2) is 0 Å². The van der Waals surface area contributed by atoms with E-state index in [0.717, 1.165) is 34.2 Å². The van der Waals surface area contributed by atoms with Crippen molar-refractivity contribution in [2.75, 3.05) is 37.2 Å². The molecule has 3 aromatic carbocycles. The van der Waals surface area contributed by atoms with Crippen LogP contribution in [0.25, 0.3) is 5.70 Å². The topological polar surface area (TPSA) is 54.4 Å². The minimum Gasteiger partial charge on any atom is -0.465 e. The highest BCUT2D eigenvalue weighted by Gasteiger charge is 2.39. The molecule has 0 fully saturated rings. The molecule has 0 saturated carbocycles. The number of methoxy groups -OCH3 is 2. The first kappa shape index (κ1) is 21.0. The number of carbonyl (C=O) groups excluding carboxylic acids is 1. The maximum Gasteiger partial charge on any atom is 0.337 e. The summed E-state index contributed by atoms with van der Waals surface area (Å²) in [5.41, 5.74) is 5.60. The van der Waals surface area contributed by atoms with Crippen LogP contribution in [0.5, 0.6) is 0 Å². The SMILES string of the molecule is COCCN1C2=NC(c3ccccc3)C=C(c3ccccc3)N2c2cc(C(=O)OC)ccc21. The quantitative estimate of drug-likeness (QED) is 0.512. The number of guanidine groups is 1. The Kier molecular flexibility index (Phi) is 5.67. The largest absolute Gasteiger partial charge is 0.465 e. The minimum absolute atomic E-state index is 0.132. The van der Waals surface area contributed by atoms with Gasteiger partial charge in [0.05, 0.1) is 42.4 Å². The van der Waals surface area contributed by atoms with E-state index in [1.54, 1.807) is 13.2 Å². The van der Waals surface area contributed by atoms with Crippen molar-refractivity contribution in [3.8, 4) is 0 Å². The summed E-state index contributed by atoms with van der Waals surface area (Å²) in [5, 5.41) is 0. The Morgan fingerprint density at radius 2 is 1.67 bits per heavy atom. The van der Waals surface area contributed by atoms with Gasteiger partial charge >= 0.3 is 5.97 Å². The molecule has 0 aromatic heterocycles. The molecule has 0 saturated heterocycles. The first-order valence-electron chi connectivity index (χ1n) is 10.9. The fourth-order valence-corrected chi connectivity index (χ4v) is 4.32. The molecule has 0 radical (unpaired) electrons. The zero-order chi connectivity index (χ0) is 22.8. The number of benzene rings is 3. The number of hydrogen-bond donors (Lipinski definition) is 0. The van der Waals surface area contributed by atoms with Crippen LogP contribution < -0.4 is 9.80 Å². The zero-order valence-corrected chi connectivity index (χ0v) is 18.6. The zero-order valence-electron chi connectivity index (χ0n) is 18.6. The Morgan fingerprint density at radius 3 is 2.36 bits per heavy atom. The molecule has 2 aliphatic rings. The third-order valence-corrected chi connectivity index (χ3v) is 5.91. The van der Waals surface area contributed by atoms with E-state index in [0.29, 0.717) is 18.7 Å². The van der Waals surface area contributed by atoms with Gasteiger partial charge in [-0.05, 0) is 35.4 Å². The van der Waals surface area contributed by atoms with E-state index in [1.165, 1.54) is 7.11 Å². The van der Waals surface area contributed by atoms with Gasteiger partial charge in [0.2, 0.25) is 5.96 Å². The number of fused-ring (bicyclic) bond motifs is 3. The van der Waals surface area contributed by atoms with Gasteiger partial charge in [0.1, 0.15) is 0 Å². The highest BCUT2D eigenvalue weighted by molar-refractivity contribution is 6.24. The highest BCUT2D eigenvalue weighted by atomic mass is 16.5. The maximum atomic E-state index is 12.3. The van der Waals surface area contributed by atoms with Crippen molar-refractivity contribution in [1.82, 2.24) is 0 Å². The van der Waals surface area contributed by atoms with E-state index in [2.05, 4.69) is 40.1 Å². The molecular weight excluding hydrogens is 414 g/mol. The Bertz CT molecular complexity index is 1220. The van der Waals surface area contributed by atoms with Crippen LogP contribution in [-0.2, 0) is 9.47 Å². The molecule has 1 atom stereocenters. The van der Waals surface area contributed by atoms with Crippen molar-refractivity contribution in [2.24, 2.45) is 4.99 Å². The first-order valence-corrected chi connectivity index (χ1v) is 10.9. The van der Waals surface area contributed by atoms with Gasteiger partial charge in [-0.2, -0.15) is 0 Å². The summed E-state index contributed by atoms with van der Waals surface area (Å²) in [6, 6.07) is 26.0. The molecule has 5 rings (SSSR count). The molecule has 1 unspecified atom stereocenters. The van der Waals surface area contributed by atoms with Crippen molar-refractivity contribution < 1.29 is 14.3 Å². The van der Waals surface area contributed by atoms with E-state index < -0.39 is 0 Å². The van der Waals surface area contributed by atoms with Crippen LogP contribution >= 0.6 is 0 Å². The van der Waals surface area contributed by atoms with Gasteiger partial charge in [0, 0.05) is 13.7 Å². The van der Waals surface area contributed by atoms with Crippen molar-refractivity contribution in [3.05, 3.63) is 102 Å². The third-order valence-electron chi connectivity index (χ3n) is 5.91. The first-order chi connectivity index (χ1) is 16.2. The molecule has 6 nitrogen and oxygen atoms in total. The molecule has 3 aromatic rings. The average Bonchev–Trinajstić information content (AvgIpc) is 3.20. The second-order valence-electron chi connectivity index (χ2n) is 7.88. The van der Waals surface area contributed by atoms with Crippen molar-refractivity contribution in [1.29, 1.82) is 0 Å². The normalized spacial score (nSPS) is 16.6. The molecule has 2 heterocycles. The maximum absolute atomic E-state index is 12.3. The van der Waals surface area contributed by atoms with Crippen molar-refractivity contribution in [2.45, 2.75) is 6.04 Å². The van der Waals surface area contributed by atoms with Gasteiger partial charge in [-0.3, -0.25) is 4.90 Å². The summed E-state index contributed by atoms with van der Waals surface area (Å²) in [6.07, 6.45) is 2.18. The fraction of sp³-hybridized carbons (Fsp3) is 0.185. The van der Waals surface area contributed by atoms with Gasteiger partial charge in [0.25, 0.3) is 0 Å². The molecule has 166 valence electrons. The Balaban J connectivity index is 1.70. The summed E-state index contributed by atoms with van der Waals surface area (Å²) in [6.45, 7) is 1.19. The fourth-order valence-electron chi connectivity index (χ4n) is 4.32.